The highest BCUT2D eigenvalue weighted by atomic mass is 32.2. The number of anilines is 1. The number of sulfone groups is 1. The molecule has 1 amide bonds. The quantitative estimate of drug-likeness (QED) is 0.878. The van der Waals surface area contributed by atoms with Crippen molar-refractivity contribution in [3.8, 4) is 0 Å². The fourth-order valence-electron chi connectivity index (χ4n) is 2.53. The summed E-state index contributed by atoms with van der Waals surface area (Å²) in [7, 11) is -3.04. The summed E-state index contributed by atoms with van der Waals surface area (Å²) >= 11 is 0. The van der Waals surface area contributed by atoms with Gasteiger partial charge in [-0.2, -0.15) is 0 Å². The van der Waals surface area contributed by atoms with Crippen LogP contribution in [-0.2, 0) is 9.84 Å². The first-order valence-corrected chi connectivity index (χ1v) is 8.98. The van der Waals surface area contributed by atoms with Gasteiger partial charge in [-0.1, -0.05) is 13.3 Å². The number of nitrogens with two attached hydrogens (primary N) is 1. The van der Waals surface area contributed by atoms with Gasteiger partial charge in [-0.3, -0.25) is 4.79 Å². The van der Waals surface area contributed by atoms with E-state index in [1.165, 1.54) is 6.20 Å². The lowest BCUT2D eigenvalue weighted by molar-refractivity contribution is 0.0689. The van der Waals surface area contributed by atoms with Crippen LogP contribution in [0.4, 0.5) is 5.69 Å². The molecular formula is C14H21N3O3S. The molecule has 1 atom stereocenters. The van der Waals surface area contributed by atoms with E-state index in [2.05, 4.69) is 4.98 Å². The van der Waals surface area contributed by atoms with Crippen molar-refractivity contribution in [3.63, 3.8) is 0 Å². The van der Waals surface area contributed by atoms with Gasteiger partial charge in [0.2, 0.25) is 0 Å². The molecule has 1 aliphatic rings. The Hall–Kier alpha value is -1.63. The summed E-state index contributed by atoms with van der Waals surface area (Å²) < 4.78 is 23.3. The molecule has 7 heteroatoms. The Morgan fingerprint density at radius 3 is 2.86 bits per heavy atom. The highest BCUT2D eigenvalue weighted by Crippen LogP contribution is 2.21. The second kappa shape index (κ2) is 6.43. The Bertz CT molecular complexity index is 616. The molecule has 1 aromatic rings. The minimum Gasteiger partial charge on any atom is -0.397 e. The highest BCUT2D eigenvalue weighted by Gasteiger charge is 2.35. The van der Waals surface area contributed by atoms with Crippen molar-refractivity contribution in [2.75, 3.05) is 23.8 Å². The fraction of sp³-hybridized carbons (Fsp3) is 0.571. The van der Waals surface area contributed by atoms with Gasteiger partial charge in [-0.15, -0.1) is 0 Å². The van der Waals surface area contributed by atoms with E-state index in [9.17, 15) is 13.2 Å². The van der Waals surface area contributed by atoms with Gasteiger partial charge < -0.3 is 10.6 Å². The number of nitrogen functional groups attached to an aromatic ring is 1. The van der Waals surface area contributed by atoms with Gasteiger partial charge >= 0.3 is 0 Å². The standard InChI is InChI=1S/C14H21N3O3S/c1-2-3-8-17(11-6-9-21(19,20)10-11)14(18)13-12(15)5-4-7-16-13/h4-5,7,11H,2-3,6,8-10,15H2,1H3. The van der Waals surface area contributed by atoms with E-state index in [1.807, 2.05) is 6.92 Å². The van der Waals surface area contributed by atoms with Crippen LogP contribution in [0.15, 0.2) is 18.3 Å². The SMILES string of the molecule is CCCCN(C(=O)c1ncccc1N)C1CCS(=O)(=O)C1. The summed E-state index contributed by atoms with van der Waals surface area (Å²) in [6.07, 6.45) is 3.77. The summed E-state index contributed by atoms with van der Waals surface area (Å²) in [5.74, 6) is -0.0934. The van der Waals surface area contributed by atoms with E-state index in [4.69, 9.17) is 5.73 Å². The average molecular weight is 311 g/mol. The molecule has 0 bridgehead atoms. The second-order valence-electron chi connectivity index (χ2n) is 5.35. The zero-order valence-corrected chi connectivity index (χ0v) is 13.0. The maximum Gasteiger partial charge on any atom is 0.274 e. The van der Waals surface area contributed by atoms with Crippen molar-refractivity contribution in [2.45, 2.75) is 32.2 Å². The minimum absolute atomic E-state index is 0.0369. The van der Waals surface area contributed by atoms with Crippen molar-refractivity contribution >= 4 is 21.4 Å². The average Bonchev–Trinajstić information content (AvgIpc) is 2.79. The summed E-state index contributed by atoms with van der Waals surface area (Å²) in [6, 6.07) is 3.03. The van der Waals surface area contributed by atoms with Crippen LogP contribution >= 0.6 is 0 Å². The minimum atomic E-state index is -3.04. The molecule has 1 saturated heterocycles. The van der Waals surface area contributed by atoms with Gasteiger partial charge in [-0.05, 0) is 25.0 Å². The normalized spacial score (nSPS) is 20.3. The maximum absolute atomic E-state index is 12.7. The first-order chi connectivity index (χ1) is 9.94. The van der Waals surface area contributed by atoms with Gasteiger partial charge in [-0.25, -0.2) is 13.4 Å². The molecular weight excluding hydrogens is 290 g/mol. The molecule has 0 aliphatic carbocycles. The van der Waals surface area contributed by atoms with Gasteiger partial charge in [0.25, 0.3) is 5.91 Å². The number of pyridine rings is 1. The Labute approximate surface area is 125 Å². The maximum atomic E-state index is 12.7. The number of rotatable bonds is 5. The van der Waals surface area contributed by atoms with Crippen molar-refractivity contribution < 1.29 is 13.2 Å². The molecule has 1 fully saturated rings. The lowest BCUT2D eigenvalue weighted by atomic mass is 10.1. The zero-order chi connectivity index (χ0) is 15.5. The number of unbranched alkanes of at least 4 members (excludes halogenated alkanes) is 1. The van der Waals surface area contributed by atoms with Crippen LogP contribution in [0.3, 0.4) is 0 Å². The van der Waals surface area contributed by atoms with E-state index >= 15 is 0 Å². The molecule has 2 N–H and O–H groups in total. The van der Waals surface area contributed by atoms with Crippen molar-refractivity contribution in [1.82, 2.24) is 9.88 Å². The van der Waals surface area contributed by atoms with Crippen LogP contribution in [0.25, 0.3) is 0 Å². The van der Waals surface area contributed by atoms with E-state index in [0.717, 1.165) is 12.8 Å². The molecule has 116 valence electrons. The number of aromatic nitrogens is 1. The summed E-state index contributed by atoms with van der Waals surface area (Å²) in [5, 5.41) is 0. The molecule has 0 spiro atoms. The Morgan fingerprint density at radius 1 is 1.52 bits per heavy atom. The van der Waals surface area contributed by atoms with Crippen molar-refractivity contribution in [1.29, 1.82) is 0 Å². The van der Waals surface area contributed by atoms with Crippen LogP contribution in [0.2, 0.25) is 0 Å². The van der Waals surface area contributed by atoms with Gasteiger partial charge in [0.15, 0.2) is 15.5 Å². The number of carbonyl (C=O) groups is 1. The number of hydrogen-bond acceptors (Lipinski definition) is 5. The van der Waals surface area contributed by atoms with Crippen LogP contribution in [0.1, 0.15) is 36.7 Å². The predicted octanol–water partition coefficient (Wildman–Crippen LogP) is 1.09. The van der Waals surface area contributed by atoms with Crippen molar-refractivity contribution in [2.24, 2.45) is 0 Å². The summed E-state index contributed by atoms with van der Waals surface area (Å²) in [5.41, 5.74) is 6.34. The van der Waals surface area contributed by atoms with Gasteiger partial charge in [0.05, 0.1) is 17.2 Å². The van der Waals surface area contributed by atoms with E-state index in [-0.39, 0.29) is 29.1 Å². The molecule has 2 rings (SSSR count). The zero-order valence-electron chi connectivity index (χ0n) is 12.2. The van der Waals surface area contributed by atoms with Crippen LogP contribution in [0.5, 0.6) is 0 Å². The van der Waals surface area contributed by atoms with Crippen molar-refractivity contribution in [3.05, 3.63) is 24.0 Å². The number of amides is 1. The lowest BCUT2D eigenvalue weighted by Crippen LogP contribution is -2.42. The van der Waals surface area contributed by atoms with E-state index in [1.54, 1.807) is 17.0 Å². The summed E-state index contributed by atoms with van der Waals surface area (Å²) in [6.45, 7) is 2.56. The molecule has 6 nitrogen and oxygen atoms in total. The summed E-state index contributed by atoms with van der Waals surface area (Å²) in [4.78, 5) is 18.3. The molecule has 1 aromatic heterocycles. The molecule has 21 heavy (non-hydrogen) atoms. The van der Waals surface area contributed by atoms with Crippen LogP contribution in [0, 0.1) is 0 Å². The third-order valence-corrected chi connectivity index (χ3v) is 5.45. The first-order valence-electron chi connectivity index (χ1n) is 7.16. The molecule has 0 saturated carbocycles. The largest absolute Gasteiger partial charge is 0.397 e. The Kier molecular flexibility index (Phi) is 4.82. The first kappa shape index (κ1) is 15.8. The van der Waals surface area contributed by atoms with Crippen LogP contribution in [-0.4, -0.2) is 48.3 Å². The number of hydrogen-bond donors (Lipinski definition) is 1. The third-order valence-electron chi connectivity index (χ3n) is 3.70. The predicted molar refractivity (Wildman–Crippen MR) is 81.7 cm³/mol. The van der Waals surface area contributed by atoms with Crippen LogP contribution < -0.4 is 5.73 Å². The Balaban J connectivity index is 2.24. The monoisotopic (exact) mass is 311 g/mol. The number of carbonyl (C=O) groups excluding carboxylic acids is 1. The topological polar surface area (TPSA) is 93.4 Å². The number of nitrogens with zero attached hydrogens (tertiary/aromatic N) is 2. The molecule has 0 aromatic carbocycles. The molecule has 2 heterocycles. The van der Waals surface area contributed by atoms with E-state index in [0.29, 0.717) is 18.7 Å². The van der Waals surface area contributed by atoms with E-state index < -0.39 is 9.84 Å². The second-order valence-corrected chi connectivity index (χ2v) is 7.58. The fourth-order valence-corrected chi connectivity index (χ4v) is 4.26. The van der Waals surface area contributed by atoms with Gasteiger partial charge in [0, 0.05) is 18.8 Å². The molecule has 0 radical (unpaired) electrons. The molecule has 1 unspecified atom stereocenters. The van der Waals surface area contributed by atoms with Gasteiger partial charge in [0.1, 0.15) is 0 Å². The highest BCUT2D eigenvalue weighted by molar-refractivity contribution is 7.91. The lowest BCUT2D eigenvalue weighted by Gasteiger charge is -2.28. The smallest absolute Gasteiger partial charge is 0.274 e. The Morgan fingerprint density at radius 2 is 2.29 bits per heavy atom. The molecule has 1 aliphatic heterocycles. The third kappa shape index (κ3) is 3.72.